The average molecular weight is 353 g/mol. The summed E-state index contributed by atoms with van der Waals surface area (Å²) < 4.78 is 6.64. The minimum absolute atomic E-state index is 0.0828. The van der Waals surface area contributed by atoms with Crippen LogP contribution in [0.25, 0.3) is 5.65 Å². The van der Waals surface area contributed by atoms with Crippen LogP contribution in [0.5, 0.6) is 0 Å². The second kappa shape index (κ2) is 5.79. The number of amides is 1. The van der Waals surface area contributed by atoms with Crippen LogP contribution in [0.1, 0.15) is 29.8 Å². The highest BCUT2D eigenvalue weighted by atomic mass is 16.3. The lowest BCUT2D eigenvalue weighted by Crippen LogP contribution is -2.40. The zero-order chi connectivity index (χ0) is 17.6. The van der Waals surface area contributed by atoms with Crippen LogP contribution in [0.4, 0.5) is 5.82 Å². The summed E-state index contributed by atoms with van der Waals surface area (Å²) in [5.74, 6) is 1.63. The number of hydrogen-bond donors (Lipinski definition) is 1. The molecule has 0 unspecified atom stereocenters. The number of fused-ring (bicyclic) bond motifs is 2. The molecule has 2 aliphatic rings. The largest absolute Gasteiger partial charge is 0.459 e. The first-order valence-electron chi connectivity index (χ1n) is 8.86. The van der Waals surface area contributed by atoms with E-state index in [1.807, 2.05) is 12.1 Å². The molecule has 1 amide bonds. The van der Waals surface area contributed by atoms with Crippen LogP contribution in [0.15, 0.2) is 34.9 Å². The number of carbonyl (C=O) groups is 1. The minimum Gasteiger partial charge on any atom is -0.459 e. The monoisotopic (exact) mass is 353 g/mol. The van der Waals surface area contributed by atoms with Crippen molar-refractivity contribution < 1.29 is 9.21 Å². The van der Waals surface area contributed by atoms with E-state index in [1.165, 1.54) is 23.7 Å². The zero-order valence-electron chi connectivity index (χ0n) is 14.2. The lowest BCUT2D eigenvalue weighted by atomic mass is 9.80. The molecule has 1 aliphatic heterocycles. The van der Waals surface area contributed by atoms with Crippen molar-refractivity contribution in [3.05, 3.63) is 36.3 Å². The van der Waals surface area contributed by atoms with Gasteiger partial charge in [0.15, 0.2) is 17.2 Å². The average Bonchev–Trinajstić information content (AvgIpc) is 3.42. The van der Waals surface area contributed by atoms with Crippen molar-refractivity contribution in [3.8, 4) is 0 Å². The van der Waals surface area contributed by atoms with Crippen LogP contribution in [0.2, 0.25) is 0 Å². The summed E-state index contributed by atoms with van der Waals surface area (Å²) in [4.78, 5) is 14.5. The normalized spacial score (nSPS) is 24.9. The first-order valence-corrected chi connectivity index (χ1v) is 8.86. The highest BCUT2D eigenvalue weighted by Crippen LogP contribution is 2.49. The molecule has 0 bridgehead atoms. The summed E-state index contributed by atoms with van der Waals surface area (Å²) in [7, 11) is 0. The molecule has 0 radical (unpaired) electrons. The Hall–Kier alpha value is -2.97. The molecule has 2 atom stereocenters. The van der Waals surface area contributed by atoms with Gasteiger partial charge in [0.1, 0.15) is 0 Å². The molecule has 1 saturated heterocycles. The van der Waals surface area contributed by atoms with Gasteiger partial charge in [0.25, 0.3) is 5.91 Å². The third kappa shape index (κ3) is 2.42. The number of hydrogen-bond acceptors (Lipinski definition) is 7. The van der Waals surface area contributed by atoms with Crippen LogP contribution in [-0.4, -0.2) is 50.8 Å². The second-order valence-electron chi connectivity index (χ2n) is 7.21. The van der Waals surface area contributed by atoms with E-state index in [1.54, 1.807) is 12.1 Å². The number of anilines is 1. The predicted molar refractivity (Wildman–Crippen MR) is 91.6 cm³/mol. The highest BCUT2D eigenvalue weighted by Gasteiger charge is 2.49. The van der Waals surface area contributed by atoms with Gasteiger partial charge >= 0.3 is 0 Å². The van der Waals surface area contributed by atoms with Crippen molar-refractivity contribution in [2.75, 3.05) is 24.5 Å². The number of tetrazole rings is 1. The summed E-state index contributed by atoms with van der Waals surface area (Å²) in [6.45, 7) is 2.47. The van der Waals surface area contributed by atoms with Crippen LogP contribution in [0.3, 0.4) is 0 Å². The fraction of sp³-hybridized carbons (Fsp3) is 0.471. The van der Waals surface area contributed by atoms with E-state index in [-0.39, 0.29) is 11.3 Å². The maximum absolute atomic E-state index is 12.3. The van der Waals surface area contributed by atoms with Crippen molar-refractivity contribution in [1.29, 1.82) is 0 Å². The number of aromatic nitrogens is 5. The lowest BCUT2D eigenvalue weighted by molar-refractivity contribution is 0.0899. The highest BCUT2D eigenvalue weighted by molar-refractivity contribution is 5.91. The number of nitrogens with one attached hydrogen (secondary N) is 1. The van der Waals surface area contributed by atoms with Crippen molar-refractivity contribution in [1.82, 2.24) is 30.6 Å². The van der Waals surface area contributed by atoms with Gasteiger partial charge in [-0.2, -0.15) is 0 Å². The molecule has 9 nitrogen and oxygen atoms in total. The maximum Gasteiger partial charge on any atom is 0.286 e. The Morgan fingerprint density at radius 1 is 1.38 bits per heavy atom. The maximum atomic E-state index is 12.3. The number of rotatable bonds is 4. The molecule has 3 aromatic heterocycles. The molecule has 0 aromatic carbocycles. The fourth-order valence-corrected chi connectivity index (χ4v) is 4.44. The number of furan rings is 1. The topological polar surface area (TPSA) is 101 Å². The molecule has 0 spiro atoms. The lowest BCUT2D eigenvalue weighted by Gasteiger charge is -2.29. The van der Waals surface area contributed by atoms with E-state index in [4.69, 9.17) is 4.42 Å². The zero-order valence-corrected chi connectivity index (χ0v) is 14.2. The van der Waals surface area contributed by atoms with Gasteiger partial charge in [-0.15, -0.1) is 14.8 Å². The van der Waals surface area contributed by atoms with Crippen molar-refractivity contribution in [2.24, 2.45) is 11.3 Å². The summed E-state index contributed by atoms with van der Waals surface area (Å²) in [6.07, 6.45) is 5.01. The van der Waals surface area contributed by atoms with Gasteiger partial charge in [0, 0.05) is 25.0 Å². The summed E-state index contributed by atoms with van der Waals surface area (Å²) in [5, 5.41) is 19.0. The van der Waals surface area contributed by atoms with Crippen molar-refractivity contribution in [2.45, 2.75) is 19.3 Å². The molecular formula is C17H19N7O2. The van der Waals surface area contributed by atoms with Crippen molar-refractivity contribution >= 4 is 17.4 Å². The van der Waals surface area contributed by atoms with Crippen LogP contribution in [-0.2, 0) is 0 Å². The number of carbonyl (C=O) groups excluding carboxylic acids is 1. The van der Waals surface area contributed by atoms with Gasteiger partial charge < -0.3 is 14.6 Å². The molecule has 1 N–H and O–H groups in total. The molecule has 9 heteroatoms. The van der Waals surface area contributed by atoms with E-state index >= 15 is 0 Å². The first kappa shape index (κ1) is 15.3. The van der Waals surface area contributed by atoms with Crippen molar-refractivity contribution in [3.63, 3.8) is 0 Å². The molecular weight excluding hydrogens is 334 g/mol. The minimum atomic E-state index is -0.151. The number of nitrogens with zero attached hydrogens (tertiary/aromatic N) is 6. The third-order valence-corrected chi connectivity index (χ3v) is 5.77. The quantitative estimate of drug-likeness (QED) is 0.750. The molecule has 3 aromatic rings. The Bertz CT molecular complexity index is 938. The summed E-state index contributed by atoms with van der Waals surface area (Å²) in [6, 6.07) is 7.25. The van der Waals surface area contributed by atoms with Gasteiger partial charge in [-0.05, 0) is 53.5 Å². The van der Waals surface area contributed by atoms with Gasteiger partial charge in [0.2, 0.25) is 0 Å². The van der Waals surface area contributed by atoms with E-state index < -0.39 is 0 Å². The van der Waals surface area contributed by atoms with E-state index in [0.29, 0.717) is 23.9 Å². The van der Waals surface area contributed by atoms with Crippen LogP contribution >= 0.6 is 0 Å². The Morgan fingerprint density at radius 2 is 2.35 bits per heavy atom. The van der Waals surface area contributed by atoms with Gasteiger partial charge in [-0.3, -0.25) is 4.79 Å². The van der Waals surface area contributed by atoms with Gasteiger partial charge in [-0.1, -0.05) is 6.42 Å². The SMILES string of the molecule is O=C(NC[C@]12CCC[C@H]1CN(c1ccc3nnnn3n1)C2)c1ccco1. The van der Waals surface area contributed by atoms with E-state index in [0.717, 1.165) is 25.3 Å². The van der Waals surface area contributed by atoms with E-state index in [2.05, 4.69) is 30.8 Å². The Balaban J connectivity index is 1.34. The van der Waals surface area contributed by atoms with Crippen LogP contribution < -0.4 is 10.2 Å². The first-order chi connectivity index (χ1) is 12.7. The third-order valence-electron chi connectivity index (χ3n) is 5.77. The van der Waals surface area contributed by atoms with Gasteiger partial charge in [0.05, 0.1) is 6.26 Å². The summed E-state index contributed by atoms with van der Waals surface area (Å²) >= 11 is 0. The molecule has 134 valence electrons. The standard InChI is InChI=1S/C17H19N7O2/c25-16(13-4-2-8-26-13)18-10-17-7-1-3-12(17)9-23(11-17)15-6-5-14-19-21-22-24(14)20-15/h2,4-6,8,12H,1,3,7,9-11H2,(H,18,25)/t12-,17-/m0/s1. The summed E-state index contributed by atoms with van der Waals surface area (Å²) in [5.41, 5.74) is 0.716. The Labute approximate surface area is 149 Å². The Morgan fingerprint density at radius 3 is 3.23 bits per heavy atom. The predicted octanol–water partition coefficient (Wildman–Crippen LogP) is 1.15. The Kier molecular flexibility index (Phi) is 3.41. The molecule has 5 rings (SSSR count). The molecule has 2 fully saturated rings. The van der Waals surface area contributed by atoms with Crippen LogP contribution in [0, 0.1) is 11.3 Å². The van der Waals surface area contributed by atoms with E-state index in [9.17, 15) is 4.79 Å². The molecule has 1 aliphatic carbocycles. The second-order valence-corrected chi connectivity index (χ2v) is 7.21. The smallest absolute Gasteiger partial charge is 0.286 e. The fourth-order valence-electron chi connectivity index (χ4n) is 4.44. The molecule has 26 heavy (non-hydrogen) atoms. The van der Waals surface area contributed by atoms with Gasteiger partial charge in [-0.25, -0.2) is 0 Å². The molecule has 4 heterocycles. The molecule has 1 saturated carbocycles.